The van der Waals surface area contributed by atoms with E-state index in [-0.39, 0.29) is 11.8 Å². The van der Waals surface area contributed by atoms with Gasteiger partial charge in [0.1, 0.15) is 12.3 Å². The van der Waals surface area contributed by atoms with Crippen molar-refractivity contribution in [1.29, 1.82) is 5.41 Å². The summed E-state index contributed by atoms with van der Waals surface area (Å²) in [6.45, 7) is 8.86. The Morgan fingerprint density at radius 1 is 1.79 bits per heavy atom. The van der Waals surface area contributed by atoms with Crippen molar-refractivity contribution in [1.82, 2.24) is 4.90 Å². The van der Waals surface area contributed by atoms with Crippen molar-refractivity contribution < 1.29 is 10.5 Å². The molecule has 4 nitrogen and oxygen atoms in total. The van der Waals surface area contributed by atoms with Gasteiger partial charge in [0.15, 0.2) is 5.84 Å². The van der Waals surface area contributed by atoms with E-state index in [0.717, 1.165) is 6.42 Å². The van der Waals surface area contributed by atoms with E-state index in [1.54, 1.807) is 0 Å². The molecule has 0 spiro atoms. The molecule has 80 valence electrons. The van der Waals surface area contributed by atoms with Gasteiger partial charge >= 0.3 is 0 Å². The van der Waals surface area contributed by atoms with Crippen LogP contribution < -0.4 is 5.73 Å². The maximum absolute atomic E-state index is 7.85. The zero-order valence-electron chi connectivity index (χ0n) is 9.05. The SMILES string of the molecule is C=CCC1COC(C)(C)N1C(=N)C[NH3+]. The molecule has 1 saturated heterocycles. The molecule has 4 heteroatoms. The molecule has 1 aliphatic heterocycles. The molecule has 1 rings (SSSR count). The summed E-state index contributed by atoms with van der Waals surface area (Å²) >= 11 is 0. The number of ether oxygens (including phenoxy) is 1. The van der Waals surface area contributed by atoms with Crippen molar-refractivity contribution in [2.24, 2.45) is 0 Å². The molecule has 14 heavy (non-hydrogen) atoms. The van der Waals surface area contributed by atoms with E-state index in [9.17, 15) is 0 Å². The Morgan fingerprint density at radius 2 is 2.43 bits per heavy atom. The number of amidine groups is 1. The van der Waals surface area contributed by atoms with Crippen LogP contribution >= 0.6 is 0 Å². The number of nitrogens with zero attached hydrogens (tertiary/aromatic N) is 1. The summed E-state index contributed by atoms with van der Waals surface area (Å²) in [5, 5.41) is 7.85. The van der Waals surface area contributed by atoms with Gasteiger partial charge in [-0.3, -0.25) is 5.41 Å². The molecule has 1 unspecified atom stereocenters. The molecule has 0 aromatic carbocycles. The summed E-state index contributed by atoms with van der Waals surface area (Å²) in [5.74, 6) is 0.541. The van der Waals surface area contributed by atoms with Gasteiger partial charge in [0.2, 0.25) is 0 Å². The van der Waals surface area contributed by atoms with E-state index in [2.05, 4.69) is 12.3 Å². The van der Waals surface area contributed by atoms with Gasteiger partial charge < -0.3 is 15.4 Å². The quantitative estimate of drug-likeness (QED) is 0.387. The standard InChI is InChI=1S/C10H19N3O/c1-4-5-8-7-14-10(2,3)13(8)9(12)6-11/h4,8,12H,1,5-7,11H2,2-3H3/p+1. The lowest BCUT2D eigenvalue weighted by molar-refractivity contribution is -0.349. The molecule has 0 radical (unpaired) electrons. The van der Waals surface area contributed by atoms with Crippen LogP contribution in [0.25, 0.3) is 0 Å². The van der Waals surface area contributed by atoms with Gasteiger partial charge in [-0.25, -0.2) is 0 Å². The Morgan fingerprint density at radius 3 is 2.93 bits per heavy atom. The summed E-state index contributed by atoms with van der Waals surface area (Å²) in [7, 11) is 0. The third kappa shape index (κ3) is 1.96. The zero-order valence-corrected chi connectivity index (χ0v) is 9.05. The summed E-state index contributed by atoms with van der Waals surface area (Å²) in [4.78, 5) is 2.00. The molecular weight excluding hydrogens is 178 g/mol. The van der Waals surface area contributed by atoms with Crippen LogP contribution in [0.15, 0.2) is 12.7 Å². The molecule has 1 heterocycles. The van der Waals surface area contributed by atoms with E-state index in [0.29, 0.717) is 19.0 Å². The van der Waals surface area contributed by atoms with Crippen LogP contribution in [-0.2, 0) is 4.74 Å². The number of hydrogen-bond donors (Lipinski definition) is 2. The van der Waals surface area contributed by atoms with Crippen molar-refractivity contribution in [2.75, 3.05) is 13.2 Å². The van der Waals surface area contributed by atoms with E-state index in [1.807, 2.05) is 24.8 Å². The normalized spacial score (nSPS) is 25.1. The lowest BCUT2D eigenvalue weighted by Crippen LogP contribution is -2.61. The van der Waals surface area contributed by atoms with Crippen LogP contribution in [0.4, 0.5) is 0 Å². The van der Waals surface area contributed by atoms with Crippen LogP contribution in [0.5, 0.6) is 0 Å². The molecule has 0 amide bonds. The van der Waals surface area contributed by atoms with Crippen LogP contribution in [0.3, 0.4) is 0 Å². The number of nitrogens with one attached hydrogen (secondary N) is 1. The van der Waals surface area contributed by atoms with Crippen LogP contribution in [0.1, 0.15) is 20.3 Å². The summed E-state index contributed by atoms with van der Waals surface area (Å²) < 4.78 is 5.65. The fourth-order valence-corrected chi connectivity index (χ4v) is 1.92. The van der Waals surface area contributed by atoms with Crippen LogP contribution in [0, 0.1) is 5.41 Å². The second-order valence-corrected chi connectivity index (χ2v) is 4.00. The molecule has 1 fully saturated rings. The average Bonchev–Trinajstić information content (AvgIpc) is 2.41. The van der Waals surface area contributed by atoms with Crippen LogP contribution in [-0.4, -0.2) is 35.7 Å². The van der Waals surface area contributed by atoms with E-state index < -0.39 is 0 Å². The Bertz CT molecular complexity index is 238. The van der Waals surface area contributed by atoms with Crippen molar-refractivity contribution >= 4 is 5.84 Å². The Hall–Kier alpha value is -0.870. The Labute approximate surface area is 85.2 Å². The van der Waals surface area contributed by atoms with Gasteiger partial charge in [-0.05, 0) is 20.3 Å². The van der Waals surface area contributed by atoms with Gasteiger partial charge in [-0.15, -0.1) is 6.58 Å². The Balaban J connectivity index is 2.80. The first-order valence-corrected chi connectivity index (χ1v) is 4.93. The third-order valence-corrected chi connectivity index (χ3v) is 2.54. The average molecular weight is 198 g/mol. The van der Waals surface area contributed by atoms with Crippen molar-refractivity contribution in [3.05, 3.63) is 12.7 Å². The highest BCUT2D eigenvalue weighted by molar-refractivity contribution is 5.81. The lowest BCUT2D eigenvalue weighted by atomic mass is 10.1. The van der Waals surface area contributed by atoms with E-state index in [4.69, 9.17) is 10.1 Å². The third-order valence-electron chi connectivity index (χ3n) is 2.54. The fraction of sp³-hybridized carbons (Fsp3) is 0.700. The molecule has 0 aromatic heterocycles. The highest BCUT2D eigenvalue weighted by Crippen LogP contribution is 2.28. The van der Waals surface area contributed by atoms with Crippen molar-refractivity contribution in [3.63, 3.8) is 0 Å². The van der Waals surface area contributed by atoms with E-state index >= 15 is 0 Å². The molecule has 0 aliphatic carbocycles. The first-order chi connectivity index (χ1) is 6.53. The highest BCUT2D eigenvalue weighted by Gasteiger charge is 2.41. The minimum Gasteiger partial charge on any atom is -0.354 e. The second kappa shape index (κ2) is 4.11. The molecular formula is C10H20N3O+. The topological polar surface area (TPSA) is 64.0 Å². The Kier molecular flexibility index (Phi) is 3.29. The first kappa shape index (κ1) is 11.2. The summed E-state index contributed by atoms with van der Waals surface area (Å²) in [6, 6.07) is 0.247. The zero-order chi connectivity index (χ0) is 10.8. The predicted octanol–water partition coefficient (Wildman–Crippen LogP) is 0.219. The predicted molar refractivity (Wildman–Crippen MR) is 56.0 cm³/mol. The van der Waals surface area contributed by atoms with Gasteiger partial charge in [-0.1, -0.05) is 6.08 Å². The highest BCUT2D eigenvalue weighted by atomic mass is 16.5. The lowest BCUT2D eigenvalue weighted by Gasteiger charge is -2.34. The fourth-order valence-electron chi connectivity index (χ4n) is 1.92. The number of quaternary nitrogens is 1. The molecule has 1 aliphatic rings. The van der Waals surface area contributed by atoms with Gasteiger partial charge in [0, 0.05) is 0 Å². The first-order valence-electron chi connectivity index (χ1n) is 4.93. The van der Waals surface area contributed by atoms with Crippen molar-refractivity contribution in [3.8, 4) is 0 Å². The van der Waals surface area contributed by atoms with Crippen LogP contribution in [0.2, 0.25) is 0 Å². The maximum Gasteiger partial charge on any atom is 0.155 e. The number of hydrogen-bond acceptors (Lipinski definition) is 2. The molecule has 0 aromatic rings. The molecule has 1 atom stereocenters. The van der Waals surface area contributed by atoms with Gasteiger partial charge in [-0.2, -0.15) is 0 Å². The van der Waals surface area contributed by atoms with E-state index in [1.165, 1.54) is 0 Å². The molecule has 0 bridgehead atoms. The monoisotopic (exact) mass is 198 g/mol. The smallest absolute Gasteiger partial charge is 0.155 e. The van der Waals surface area contributed by atoms with Gasteiger partial charge in [0.25, 0.3) is 0 Å². The minimum absolute atomic E-state index is 0.247. The second-order valence-electron chi connectivity index (χ2n) is 4.00. The summed E-state index contributed by atoms with van der Waals surface area (Å²) in [5.41, 5.74) is 3.37. The summed E-state index contributed by atoms with van der Waals surface area (Å²) in [6.07, 6.45) is 2.73. The van der Waals surface area contributed by atoms with Crippen molar-refractivity contribution in [2.45, 2.75) is 32.0 Å². The number of rotatable bonds is 3. The largest absolute Gasteiger partial charge is 0.354 e. The molecule has 4 N–H and O–H groups in total. The minimum atomic E-state index is -0.373. The van der Waals surface area contributed by atoms with Gasteiger partial charge in [0.05, 0.1) is 12.6 Å². The maximum atomic E-state index is 7.85. The molecule has 0 saturated carbocycles.